The van der Waals surface area contributed by atoms with E-state index >= 15 is 0 Å². The molecule has 2 N–H and O–H groups in total. The van der Waals surface area contributed by atoms with Crippen LogP contribution in [0.2, 0.25) is 0 Å². The van der Waals surface area contributed by atoms with Crippen LogP contribution in [-0.4, -0.2) is 24.0 Å². The number of pyridine rings is 1. The van der Waals surface area contributed by atoms with Crippen molar-refractivity contribution in [1.29, 1.82) is 0 Å². The van der Waals surface area contributed by atoms with Gasteiger partial charge in [0, 0.05) is 18.7 Å². The summed E-state index contributed by atoms with van der Waals surface area (Å²) in [6.07, 6.45) is 2.14. The van der Waals surface area contributed by atoms with E-state index in [2.05, 4.69) is 15.6 Å². The molecule has 0 saturated carbocycles. The van der Waals surface area contributed by atoms with Crippen LogP contribution in [-0.2, 0) is 4.79 Å². The van der Waals surface area contributed by atoms with E-state index in [-0.39, 0.29) is 11.9 Å². The molecule has 1 heterocycles. The minimum absolute atomic E-state index is 0.0186. The second-order valence-corrected chi connectivity index (χ2v) is 3.66. The minimum Gasteiger partial charge on any atom is -0.317 e. The fourth-order valence-electron chi connectivity index (χ4n) is 1.18. The Kier molecular flexibility index (Phi) is 4.24. The van der Waals surface area contributed by atoms with Crippen LogP contribution in [0.25, 0.3) is 0 Å². The minimum atomic E-state index is -0.0186. The van der Waals surface area contributed by atoms with Crippen LogP contribution < -0.4 is 10.6 Å². The first kappa shape index (κ1) is 11.7. The van der Waals surface area contributed by atoms with Gasteiger partial charge >= 0.3 is 0 Å². The van der Waals surface area contributed by atoms with Gasteiger partial charge in [0.25, 0.3) is 0 Å². The molecule has 82 valence electrons. The molecule has 1 aromatic heterocycles. The smallest absolute Gasteiger partial charge is 0.227 e. The summed E-state index contributed by atoms with van der Waals surface area (Å²) < 4.78 is 0. The molecule has 0 aliphatic rings. The van der Waals surface area contributed by atoms with E-state index in [0.29, 0.717) is 12.2 Å². The number of hydrogen-bond acceptors (Lipinski definition) is 3. The summed E-state index contributed by atoms with van der Waals surface area (Å²) >= 11 is 0. The van der Waals surface area contributed by atoms with Crippen LogP contribution in [0, 0.1) is 6.92 Å². The fourth-order valence-corrected chi connectivity index (χ4v) is 1.18. The van der Waals surface area contributed by atoms with Crippen molar-refractivity contribution in [1.82, 2.24) is 10.3 Å². The largest absolute Gasteiger partial charge is 0.317 e. The van der Waals surface area contributed by atoms with E-state index in [9.17, 15) is 4.79 Å². The second kappa shape index (κ2) is 5.46. The Morgan fingerprint density at radius 1 is 1.60 bits per heavy atom. The van der Waals surface area contributed by atoms with Crippen molar-refractivity contribution in [3.8, 4) is 0 Å². The van der Waals surface area contributed by atoms with Gasteiger partial charge in [0.15, 0.2) is 0 Å². The first-order valence-corrected chi connectivity index (χ1v) is 5.01. The molecule has 1 amide bonds. The van der Waals surface area contributed by atoms with Crippen LogP contribution in [0.5, 0.6) is 0 Å². The summed E-state index contributed by atoms with van der Waals surface area (Å²) in [5, 5.41) is 5.77. The summed E-state index contributed by atoms with van der Waals surface area (Å²) in [5.41, 5.74) is 1.09. The van der Waals surface area contributed by atoms with Gasteiger partial charge in [-0.05, 0) is 38.6 Å². The predicted molar refractivity (Wildman–Crippen MR) is 60.7 cm³/mol. The summed E-state index contributed by atoms with van der Waals surface area (Å²) in [5.74, 6) is 0.596. The molecule has 0 bridgehead atoms. The molecule has 0 spiro atoms. The third-order valence-electron chi connectivity index (χ3n) is 2.17. The first-order valence-electron chi connectivity index (χ1n) is 5.01. The van der Waals surface area contributed by atoms with E-state index in [4.69, 9.17) is 0 Å². The van der Waals surface area contributed by atoms with Gasteiger partial charge in [-0.25, -0.2) is 4.98 Å². The number of anilines is 1. The molecule has 1 atom stereocenters. The molecule has 0 saturated heterocycles. The van der Waals surface area contributed by atoms with Gasteiger partial charge in [0.2, 0.25) is 5.91 Å². The third kappa shape index (κ3) is 4.08. The monoisotopic (exact) mass is 207 g/mol. The molecule has 4 nitrogen and oxygen atoms in total. The van der Waals surface area contributed by atoms with Gasteiger partial charge in [-0.2, -0.15) is 0 Å². The fraction of sp³-hybridized carbons (Fsp3) is 0.455. The Hall–Kier alpha value is -1.42. The molecular formula is C11H17N3O. The van der Waals surface area contributed by atoms with Crippen molar-refractivity contribution in [3.05, 3.63) is 23.9 Å². The van der Waals surface area contributed by atoms with Gasteiger partial charge in [-0.1, -0.05) is 0 Å². The average molecular weight is 207 g/mol. The Balaban J connectivity index is 2.51. The number of hydrogen-bond donors (Lipinski definition) is 2. The van der Waals surface area contributed by atoms with Crippen molar-refractivity contribution in [3.63, 3.8) is 0 Å². The number of aromatic nitrogens is 1. The van der Waals surface area contributed by atoms with Crippen molar-refractivity contribution in [2.24, 2.45) is 0 Å². The Morgan fingerprint density at radius 3 is 2.93 bits per heavy atom. The maximum atomic E-state index is 11.5. The molecule has 4 heteroatoms. The normalized spacial score (nSPS) is 12.2. The molecule has 1 rings (SSSR count). The van der Waals surface area contributed by atoms with E-state index < -0.39 is 0 Å². The maximum Gasteiger partial charge on any atom is 0.227 e. The molecule has 1 unspecified atom stereocenters. The van der Waals surface area contributed by atoms with Crippen LogP contribution in [0.3, 0.4) is 0 Å². The van der Waals surface area contributed by atoms with E-state index in [0.717, 1.165) is 5.56 Å². The summed E-state index contributed by atoms with van der Waals surface area (Å²) in [4.78, 5) is 15.6. The highest BCUT2D eigenvalue weighted by Crippen LogP contribution is 2.06. The number of aryl methyl sites for hydroxylation is 1. The summed E-state index contributed by atoms with van der Waals surface area (Å²) in [7, 11) is 1.84. The van der Waals surface area contributed by atoms with Crippen molar-refractivity contribution in [2.75, 3.05) is 12.4 Å². The molecular weight excluding hydrogens is 190 g/mol. The van der Waals surface area contributed by atoms with Crippen molar-refractivity contribution >= 4 is 11.7 Å². The van der Waals surface area contributed by atoms with Crippen LogP contribution in [0.15, 0.2) is 18.3 Å². The molecule has 1 aromatic rings. The SMILES string of the molecule is CNC(C)CC(=O)Nc1cc(C)ccn1. The van der Waals surface area contributed by atoms with Gasteiger partial charge in [0.05, 0.1) is 0 Å². The zero-order valence-corrected chi connectivity index (χ0v) is 9.37. The van der Waals surface area contributed by atoms with Crippen LogP contribution in [0.4, 0.5) is 5.82 Å². The van der Waals surface area contributed by atoms with Crippen molar-refractivity contribution in [2.45, 2.75) is 26.3 Å². The molecule has 15 heavy (non-hydrogen) atoms. The van der Waals surface area contributed by atoms with Gasteiger partial charge in [-0.3, -0.25) is 4.79 Å². The number of rotatable bonds is 4. The zero-order valence-electron chi connectivity index (χ0n) is 9.37. The lowest BCUT2D eigenvalue weighted by Crippen LogP contribution is -2.27. The molecule has 0 aromatic carbocycles. The molecule has 0 aliphatic carbocycles. The highest BCUT2D eigenvalue weighted by molar-refractivity contribution is 5.90. The van der Waals surface area contributed by atoms with E-state index in [1.807, 2.05) is 33.0 Å². The number of carbonyl (C=O) groups excluding carboxylic acids is 1. The van der Waals surface area contributed by atoms with Crippen molar-refractivity contribution < 1.29 is 4.79 Å². The topological polar surface area (TPSA) is 54.0 Å². The second-order valence-electron chi connectivity index (χ2n) is 3.66. The van der Waals surface area contributed by atoms with Gasteiger partial charge in [0.1, 0.15) is 5.82 Å². The summed E-state index contributed by atoms with van der Waals surface area (Å²) in [6, 6.07) is 3.92. The van der Waals surface area contributed by atoms with Gasteiger partial charge in [-0.15, -0.1) is 0 Å². The standard InChI is InChI=1S/C11H17N3O/c1-8-4-5-13-10(6-8)14-11(15)7-9(2)12-3/h4-6,9,12H,7H2,1-3H3,(H,13,14,15). The maximum absolute atomic E-state index is 11.5. The van der Waals surface area contributed by atoms with E-state index in [1.54, 1.807) is 6.20 Å². The van der Waals surface area contributed by atoms with Gasteiger partial charge < -0.3 is 10.6 Å². The number of nitrogens with zero attached hydrogens (tertiary/aromatic N) is 1. The van der Waals surface area contributed by atoms with Crippen LogP contribution >= 0.6 is 0 Å². The lowest BCUT2D eigenvalue weighted by atomic mass is 10.2. The zero-order chi connectivity index (χ0) is 11.3. The predicted octanol–water partition coefficient (Wildman–Crippen LogP) is 1.33. The lowest BCUT2D eigenvalue weighted by molar-refractivity contribution is -0.116. The first-order chi connectivity index (χ1) is 7.11. The third-order valence-corrected chi connectivity index (χ3v) is 2.17. The average Bonchev–Trinajstić information content (AvgIpc) is 2.17. The number of nitrogens with one attached hydrogen (secondary N) is 2. The van der Waals surface area contributed by atoms with E-state index in [1.165, 1.54) is 0 Å². The van der Waals surface area contributed by atoms with Crippen LogP contribution in [0.1, 0.15) is 18.9 Å². The number of carbonyl (C=O) groups is 1. The molecule has 0 radical (unpaired) electrons. The summed E-state index contributed by atoms with van der Waals surface area (Å²) in [6.45, 7) is 3.93. The highest BCUT2D eigenvalue weighted by Gasteiger charge is 2.07. The Bertz CT molecular complexity index is 338. The Morgan fingerprint density at radius 2 is 2.33 bits per heavy atom. The quantitative estimate of drug-likeness (QED) is 0.783. The highest BCUT2D eigenvalue weighted by atomic mass is 16.1. The molecule has 0 fully saturated rings. The molecule has 0 aliphatic heterocycles. The Labute approximate surface area is 90.1 Å². The number of amides is 1. The lowest BCUT2D eigenvalue weighted by Gasteiger charge is -2.09.